The molecule has 2 N–H and O–H groups in total. The van der Waals surface area contributed by atoms with Gasteiger partial charge in [0.15, 0.2) is 0 Å². The lowest BCUT2D eigenvalue weighted by Crippen LogP contribution is -2.48. The lowest BCUT2D eigenvalue weighted by atomic mass is 9.86. The van der Waals surface area contributed by atoms with Gasteiger partial charge in [0, 0.05) is 30.6 Å². The first-order valence-corrected chi connectivity index (χ1v) is 7.60. The Labute approximate surface area is 119 Å². The van der Waals surface area contributed by atoms with E-state index in [2.05, 4.69) is 12.1 Å². The van der Waals surface area contributed by atoms with Crippen molar-refractivity contribution in [1.29, 1.82) is 0 Å². The molecule has 0 spiro atoms. The molecule has 1 aliphatic rings. The maximum absolute atomic E-state index is 10.6. The first-order chi connectivity index (χ1) is 9.18. The van der Waals surface area contributed by atoms with Crippen LogP contribution in [0.25, 0.3) is 0 Å². The van der Waals surface area contributed by atoms with Crippen molar-refractivity contribution in [2.75, 3.05) is 19.8 Å². The third-order valence-corrected chi connectivity index (χ3v) is 5.33. The first kappa shape index (κ1) is 14.9. The molecule has 0 bridgehead atoms. The average molecular weight is 282 g/mol. The number of thioether (sulfide) groups is 1. The van der Waals surface area contributed by atoms with E-state index in [9.17, 15) is 10.2 Å². The molecular weight excluding hydrogens is 260 g/mol. The van der Waals surface area contributed by atoms with Gasteiger partial charge in [0.05, 0.1) is 10.9 Å². The van der Waals surface area contributed by atoms with Crippen LogP contribution in [0.3, 0.4) is 0 Å². The molecule has 106 valence electrons. The van der Waals surface area contributed by atoms with Gasteiger partial charge < -0.3 is 14.9 Å². The van der Waals surface area contributed by atoms with Gasteiger partial charge in [0.1, 0.15) is 0 Å². The molecule has 4 heteroatoms. The summed E-state index contributed by atoms with van der Waals surface area (Å²) in [6.07, 6.45) is 1.11. The van der Waals surface area contributed by atoms with Crippen LogP contribution in [-0.2, 0) is 4.74 Å². The molecule has 3 nitrogen and oxygen atoms in total. The third kappa shape index (κ3) is 3.51. The highest BCUT2D eigenvalue weighted by molar-refractivity contribution is 8.00. The second kappa shape index (κ2) is 6.75. The van der Waals surface area contributed by atoms with Gasteiger partial charge >= 0.3 is 0 Å². The molecule has 2 atom stereocenters. The summed E-state index contributed by atoms with van der Waals surface area (Å²) in [6.45, 7) is 3.26. The van der Waals surface area contributed by atoms with E-state index in [0.717, 1.165) is 17.7 Å². The fraction of sp³-hybridized carbons (Fsp3) is 0.600. The molecule has 1 aliphatic heterocycles. The van der Waals surface area contributed by atoms with Gasteiger partial charge in [-0.15, -0.1) is 11.8 Å². The number of ether oxygens (including phenoxy) is 1. The largest absolute Gasteiger partial charge is 0.396 e. The van der Waals surface area contributed by atoms with E-state index in [-0.39, 0.29) is 17.3 Å². The molecule has 1 fully saturated rings. The van der Waals surface area contributed by atoms with Crippen molar-refractivity contribution in [2.24, 2.45) is 5.92 Å². The Morgan fingerprint density at radius 3 is 2.47 bits per heavy atom. The molecule has 0 aliphatic carbocycles. The topological polar surface area (TPSA) is 49.7 Å². The molecule has 2 rings (SSSR count). The lowest BCUT2D eigenvalue weighted by molar-refractivity contribution is -0.00777. The van der Waals surface area contributed by atoms with Gasteiger partial charge in [-0.05, 0) is 25.0 Å². The fourth-order valence-electron chi connectivity index (χ4n) is 2.52. The van der Waals surface area contributed by atoms with Crippen LogP contribution >= 0.6 is 11.8 Å². The molecule has 0 aromatic heterocycles. The Morgan fingerprint density at radius 2 is 1.89 bits per heavy atom. The maximum Gasteiger partial charge on any atom is 0.0739 e. The second-order valence-corrected chi connectivity index (χ2v) is 6.69. The zero-order valence-electron chi connectivity index (χ0n) is 11.3. The number of aliphatic hydroxyl groups excluding tert-OH is 2. The van der Waals surface area contributed by atoms with Gasteiger partial charge in [-0.25, -0.2) is 0 Å². The molecule has 1 aromatic rings. The average Bonchev–Trinajstić information content (AvgIpc) is 2.47. The summed E-state index contributed by atoms with van der Waals surface area (Å²) in [7, 11) is 0. The minimum absolute atomic E-state index is 0.0130. The standard InChI is InChI=1S/C15H22O3S/c1-12(11-16)14(17)15(7-9-18-10-8-15)19-13-5-3-2-4-6-13/h2-6,12,14,16-17H,7-11H2,1H3/t12-,14-/m1/s1. The van der Waals surface area contributed by atoms with Crippen LogP contribution in [0.1, 0.15) is 19.8 Å². The summed E-state index contributed by atoms with van der Waals surface area (Å²) in [5, 5.41) is 19.9. The van der Waals surface area contributed by atoms with E-state index in [1.54, 1.807) is 11.8 Å². The molecule has 1 saturated heterocycles. The fourth-order valence-corrected chi connectivity index (χ4v) is 4.00. The number of aliphatic hydroxyl groups is 2. The van der Waals surface area contributed by atoms with Gasteiger partial charge in [-0.3, -0.25) is 0 Å². The zero-order chi connectivity index (χ0) is 13.7. The van der Waals surface area contributed by atoms with Gasteiger partial charge in [-0.1, -0.05) is 25.1 Å². The van der Waals surface area contributed by atoms with E-state index >= 15 is 0 Å². The Hall–Kier alpha value is -0.550. The molecule has 19 heavy (non-hydrogen) atoms. The minimum atomic E-state index is -0.522. The quantitative estimate of drug-likeness (QED) is 0.870. The Morgan fingerprint density at radius 1 is 1.26 bits per heavy atom. The summed E-state index contributed by atoms with van der Waals surface area (Å²) in [6, 6.07) is 10.2. The molecule has 0 radical (unpaired) electrons. The van der Waals surface area contributed by atoms with Gasteiger partial charge in [-0.2, -0.15) is 0 Å². The summed E-state index contributed by atoms with van der Waals surface area (Å²) in [5.41, 5.74) is 0. The molecule has 1 aromatic carbocycles. The zero-order valence-corrected chi connectivity index (χ0v) is 12.1. The summed E-state index contributed by atoms with van der Waals surface area (Å²) >= 11 is 1.72. The van der Waals surface area contributed by atoms with Crippen LogP contribution in [0, 0.1) is 5.92 Å². The molecule has 1 heterocycles. The van der Waals surface area contributed by atoms with Crippen molar-refractivity contribution in [3.05, 3.63) is 30.3 Å². The Balaban J connectivity index is 2.19. The number of rotatable bonds is 5. The number of hydrogen-bond acceptors (Lipinski definition) is 4. The van der Waals surface area contributed by atoms with Gasteiger partial charge in [0.25, 0.3) is 0 Å². The highest BCUT2D eigenvalue weighted by Gasteiger charge is 2.42. The van der Waals surface area contributed by atoms with Crippen molar-refractivity contribution in [1.82, 2.24) is 0 Å². The number of benzene rings is 1. The molecule has 0 saturated carbocycles. The predicted molar refractivity (Wildman–Crippen MR) is 77.3 cm³/mol. The van der Waals surface area contributed by atoms with E-state index in [1.807, 2.05) is 25.1 Å². The SMILES string of the molecule is C[C@H](CO)[C@@H](O)C1(Sc2ccccc2)CCOCC1. The van der Waals surface area contributed by atoms with E-state index in [0.29, 0.717) is 13.2 Å². The van der Waals surface area contributed by atoms with Crippen molar-refractivity contribution in [3.8, 4) is 0 Å². The van der Waals surface area contributed by atoms with Crippen molar-refractivity contribution < 1.29 is 14.9 Å². The second-order valence-electron chi connectivity index (χ2n) is 5.20. The predicted octanol–water partition coefficient (Wildman–Crippen LogP) is 2.32. The van der Waals surface area contributed by atoms with E-state index in [4.69, 9.17) is 4.74 Å². The molecular formula is C15H22O3S. The van der Waals surface area contributed by atoms with Crippen molar-refractivity contribution >= 4 is 11.8 Å². The third-order valence-electron chi connectivity index (χ3n) is 3.77. The molecule has 0 amide bonds. The van der Waals surface area contributed by atoms with Crippen molar-refractivity contribution in [2.45, 2.75) is 35.5 Å². The highest BCUT2D eigenvalue weighted by Crippen LogP contribution is 2.44. The highest BCUT2D eigenvalue weighted by atomic mass is 32.2. The Kier molecular flexibility index (Phi) is 5.28. The van der Waals surface area contributed by atoms with Crippen LogP contribution in [0.4, 0.5) is 0 Å². The first-order valence-electron chi connectivity index (χ1n) is 6.79. The Bertz CT molecular complexity index is 376. The van der Waals surface area contributed by atoms with Crippen LogP contribution in [0.5, 0.6) is 0 Å². The minimum Gasteiger partial charge on any atom is -0.396 e. The van der Waals surface area contributed by atoms with Crippen molar-refractivity contribution in [3.63, 3.8) is 0 Å². The van der Waals surface area contributed by atoms with Crippen LogP contribution in [0.15, 0.2) is 35.2 Å². The lowest BCUT2D eigenvalue weighted by Gasteiger charge is -2.42. The van der Waals surface area contributed by atoms with E-state index in [1.165, 1.54) is 0 Å². The normalized spacial score (nSPS) is 21.8. The van der Waals surface area contributed by atoms with Gasteiger partial charge in [0.2, 0.25) is 0 Å². The smallest absolute Gasteiger partial charge is 0.0739 e. The molecule has 0 unspecified atom stereocenters. The maximum atomic E-state index is 10.6. The summed E-state index contributed by atoms with van der Waals surface area (Å²) in [4.78, 5) is 1.16. The van der Waals surface area contributed by atoms with Crippen LogP contribution < -0.4 is 0 Å². The van der Waals surface area contributed by atoms with E-state index < -0.39 is 6.10 Å². The van der Waals surface area contributed by atoms with Crippen LogP contribution in [-0.4, -0.2) is 40.9 Å². The summed E-state index contributed by atoms with van der Waals surface area (Å²) < 4.78 is 5.19. The number of hydrogen-bond donors (Lipinski definition) is 2. The van der Waals surface area contributed by atoms with Crippen LogP contribution in [0.2, 0.25) is 0 Å². The monoisotopic (exact) mass is 282 g/mol. The summed E-state index contributed by atoms with van der Waals surface area (Å²) in [5.74, 6) is -0.116.